The van der Waals surface area contributed by atoms with Gasteiger partial charge in [-0.25, -0.2) is 9.37 Å². The summed E-state index contributed by atoms with van der Waals surface area (Å²) in [5, 5.41) is 2.77. The topological polar surface area (TPSA) is 74.1 Å². The number of benzene rings is 1. The summed E-state index contributed by atoms with van der Waals surface area (Å²) in [6.07, 6.45) is 2.97. The van der Waals surface area contributed by atoms with Gasteiger partial charge >= 0.3 is 0 Å². The Labute approximate surface area is 149 Å². The molecule has 0 fully saturated rings. The monoisotopic (exact) mass is 359 g/mol. The third kappa shape index (κ3) is 3.53. The molecule has 0 aliphatic carbocycles. The van der Waals surface area contributed by atoms with Crippen LogP contribution in [0.25, 0.3) is 5.65 Å². The maximum atomic E-state index is 13.2. The summed E-state index contributed by atoms with van der Waals surface area (Å²) < 4.78 is 30.6. The number of anilines is 1. The van der Waals surface area contributed by atoms with Gasteiger partial charge in [0.15, 0.2) is 11.5 Å². The molecule has 0 aliphatic heterocycles. The van der Waals surface area contributed by atoms with Gasteiger partial charge in [-0.05, 0) is 12.1 Å². The van der Waals surface area contributed by atoms with Crippen LogP contribution in [0, 0.1) is 5.82 Å². The Morgan fingerprint density at radius 3 is 2.42 bits per heavy atom. The second kappa shape index (κ2) is 7.30. The highest BCUT2D eigenvalue weighted by Gasteiger charge is 2.15. The molecular formula is C18H18FN3O4. The average Bonchev–Trinajstić information content (AvgIpc) is 3.01. The largest absolute Gasteiger partial charge is 0.493 e. The van der Waals surface area contributed by atoms with Crippen molar-refractivity contribution in [2.45, 2.75) is 6.42 Å². The molecule has 0 atom stereocenters. The van der Waals surface area contributed by atoms with E-state index in [1.54, 1.807) is 24.4 Å². The summed E-state index contributed by atoms with van der Waals surface area (Å²) in [5.41, 5.74) is 1.60. The summed E-state index contributed by atoms with van der Waals surface area (Å²) in [6, 6.07) is 6.15. The molecule has 1 N–H and O–H groups in total. The van der Waals surface area contributed by atoms with Crippen molar-refractivity contribution in [2.24, 2.45) is 0 Å². The number of hydrogen-bond donors (Lipinski definition) is 1. The van der Waals surface area contributed by atoms with Crippen LogP contribution in [0.2, 0.25) is 0 Å². The minimum Gasteiger partial charge on any atom is -0.493 e. The number of imidazole rings is 1. The number of ether oxygens (including phenoxy) is 3. The fourth-order valence-corrected chi connectivity index (χ4v) is 2.63. The smallest absolute Gasteiger partial charge is 0.230 e. The lowest BCUT2D eigenvalue weighted by Gasteiger charge is -2.14. The van der Waals surface area contributed by atoms with Crippen molar-refractivity contribution in [3.05, 3.63) is 48.2 Å². The van der Waals surface area contributed by atoms with Gasteiger partial charge in [-0.3, -0.25) is 4.79 Å². The number of halogens is 1. The van der Waals surface area contributed by atoms with Crippen molar-refractivity contribution in [1.82, 2.24) is 9.38 Å². The van der Waals surface area contributed by atoms with E-state index in [0.717, 1.165) is 0 Å². The van der Waals surface area contributed by atoms with Crippen LogP contribution in [0.15, 0.2) is 36.7 Å². The normalized spacial score (nSPS) is 10.6. The van der Waals surface area contributed by atoms with Gasteiger partial charge in [0, 0.05) is 30.2 Å². The first-order chi connectivity index (χ1) is 12.5. The molecule has 8 heteroatoms. The van der Waals surface area contributed by atoms with E-state index in [1.165, 1.54) is 38.0 Å². The third-order valence-electron chi connectivity index (χ3n) is 3.76. The number of hydrogen-bond acceptors (Lipinski definition) is 5. The van der Waals surface area contributed by atoms with E-state index in [0.29, 0.717) is 34.3 Å². The van der Waals surface area contributed by atoms with E-state index in [2.05, 4.69) is 10.3 Å². The Morgan fingerprint density at radius 2 is 1.81 bits per heavy atom. The van der Waals surface area contributed by atoms with Gasteiger partial charge in [0.05, 0.1) is 33.4 Å². The highest BCUT2D eigenvalue weighted by Crippen LogP contribution is 2.39. The Morgan fingerprint density at radius 1 is 1.12 bits per heavy atom. The summed E-state index contributed by atoms with van der Waals surface area (Å²) >= 11 is 0. The number of aromatic nitrogens is 2. The molecule has 26 heavy (non-hydrogen) atoms. The Balaban J connectivity index is 1.78. The van der Waals surface area contributed by atoms with Crippen LogP contribution >= 0.6 is 0 Å². The van der Waals surface area contributed by atoms with Gasteiger partial charge in [0.1, 0.15) is 11.5 Å². The second-order valence-electron chi connectivity index (χ2n) is 5.48. The van der Waals surface area contributed by atoms with Gasteiger partial charge in [-0.15, -0.1) is 0 Å². The van der Waals surface area contributed by atoms with Crippen molar-refractivity contribution in [1.29, 1.82) is 0 Å². The van der Waals surface area contributed by atoms with Crippen LogP contribution in [0.5, 0.6) is 17.2 Å². The van der Waals surface area contributed by atoms with E-state index >= 15 is 0 Å². The molecular weight excluding hydrogens is 341 g/mol. The molecule has 0 spiro atoms. The van der Waals surface area contributed by atoms with E-state index in [1.807, 2.05) is 0 Å². The third-order valence-corrected chi connectivity index (χ3v) is 3.76. The molecule has 1 amide bonds. The van der Waals surface area contributed by atoms with Crippen molar-refractivity contribution < 1.29 is 23.4 Å². The molecule has 0 saturated heterocycles. The standard InChI is InChI=1S/C18H18FN3O4/c1-24-14-6-12(7-15(25-2)18(14)26-3)21-17(23)8-13-10-22-9-11(19)4-5-16(22)20-13/h4-7,9-10H,8H2,1-3H3,(H,21,23). The first-order valence-electron chi connectivity index (χ1n) is 7.77. The van der Waals surface area contributed by atoms with Gasteiger partial charge in [0.2, 0.25) is 11.7 Å². The zero-order chi connectivity index (χ0) is 18.7. The second-order valence-corrected chi connectivity index (χ2v) is 5.48. The minimum atomic E-state index is -0.372. The summed E-state index contributed by atoms with van der Waals surface area (Å²) in [4.78, 5) is 16.6. The Bertz CT molecular complexity index is 930. The number of methoxy groups -OCH3 is 3. The van der Waals surface area contributed by atoms with Crippen molar-refractivity contribution in [3.63, 3.8) is 0 Å². The zero-order valence-corrected chi connectivity index (χ0v) is 14.6. The lowest BCUT2D eigenvalue weighted by molar-refractivity contribution is -0.115. The predicted molar refractivity (Wildman–Crippen MR) is 93.6 cm³/mol. The van der Waals surface area contributed by atoms with Gasteiger partial charge < -0.3 is 23.9 Å². The molecule has 0 bridgehead atoms. The molecule has 1 aromatic carbocycles. The molecule has 136 valence electrons. The van der Waals surface area contributed by atoms with E-state index in [-0.39, 0.29) is 18.1 Å². The maximum absolute atomic E-state index is 13.2. The lowest BCUT2D eigenvalue weighted by Crippen LogP contribution is -2.14. The fourth-order valence-electron chi connectivity index (χ4n) is 2.63. The van der Waals surface area contributed by atoms with Gasteiger partial charge in [-0.2, -0.15) is 0 Å². The first-order valence-corrected chi connectivity index (χ1v) is 7.77. The minimum absolute atomic E-state index is 0.0416. The Kier molecular flexibility index (Phi) is 4.92. The molecule has 0 unspecified atom stereocenters. The molecule has 0 radical (unpaired) electrons. The number of carbonyl (C=O) groups is 1. The van der Waals surface area contributed by atoms with Crippen molar-refractivity contribution in [3.8, 4) is 17.2 Å². The quantitative estimate of drug-likeness (QED) is 0.732. The number of nitrogens with zero attached hydrogens (tertiary/aromatic N) is 2. The van der Waals surface area contributed by atoms with Crippen LogP contribution in [0.4, 0.5) is 10.1 Å². The number of rotatable bonds is 6. The number of pyridine rings is 1. The molecule has 3 aromatic rings. The number of nitrogens with one attached hydrogen (secondary N) is 1. The van der Waals surface area contributed by atoms with Crippen molar-refractivity contribution in [2.75, 3.05) is 26.6 Å². The number of carbonyl (C=O) groups excluding carboxylic acids is 1. The van der Waals surface area contributed by atoms with E-state index < -0.39 is 0 Å². The first kappa shape index (κ1) is 17.5. The van der Waals surface area contributed by atoms with Gasteiger partial charge in [-0.1, -0.05) is 0 Å². The fraction of sp³-hybridized carbons (Fsp3) is 0.222. The maximum Gasteiger partial charge on any atom is 0.230 e. The van der Waals surface area contributed by atoms with Gasteiger partial charge in [0.25, 0.3) is 0 Å². The highest BCUT2D eigenvalue weighted by molar-refractivity contribution is 5.92. The predicted octanol–water partition coefficient (Wildman–Crippen LogP) is 2.68. The molecule has 2 heterocycles. The van der Waals surface area contributed by atoms with E-state index in [9.17, 15) is 9.18 Å². The van der Waals surface area contributed by atoms with Crippen LogP contribution < -0.4 is 19.5 Å². The zero-order valence-electron chi connectivity index (χ0n) is 14.6. The van der Waals surface area contributed by atoms with E-state index in [4.69, 9.17) is 14.2 Å². The van der Waals surface area contributed by atoms with Crippen LogP contribution in [-0.4, -0.2) is 36.6 Å². The van der Waals surface area contributed by atoms with Crippen LogP contribution in [0.3, 0.4) is 0 Å². The highest BCUT2D eigenvalue weighted by atomic mass is 19.1. The summed E-state index contributed by atoms with van der Waals surface area (Å²) in [6.45, 7) is 0. The summed E-state index contributed by atoms with van der Waals surface area (Å²) in [5.74, 6) is 0.664. The number of fused-ring (bicyclic) bond motifs is 1. The number of amides is 1. The molecule has 0 saturated carbocycles. The SMILES string of the molecule is COc1cc(NC(=O)Cc2cn3cc(F)ccc3n2)cc(OC)c1OC. The average molecular weight is 359 g/mol. The molecule has 0 aliphatic rings. The molecule has 2 aromatic heterocycles. The van der Waals surface area contributed by atoms with Crippen molar-refractivity contribution >= 4 is 17.2 Å². The van der Waals surface area contributed by atoms with Crippen LogP contribution in [0.1, 0.15) is 5.69 Å². The summed E-state index contributed by atoms with van der Waals surface area (Å²) in [7, 11) is 4.50. The van der Waals surface area contributed by atoms with Crippen LogP contribution in [-0.2, 0) is 11.2 Å². The molecule has 3 rings (SSSR count). The lowest BCUT2D eigenvalue weighted by atomic mass is 10.2. The Hall–Kier alpha value is -3.29. The molecule has 7 nitrogen and oxygen atoms in total.